The van der Waals surface area contributed by atoms with Gasteiger partial charge in [-0.3, -0.25) is 10.1 Å². The second-order valence-electron chi connectivity index (χ2n) is 4.21. The van der Waals surface area contributed by atoms with Crippen molar-refractivity contribution >= 4 is 33.8 Å². The summed E-state index contributed by atoms with van der Waals surface area (Å²) in [4.78, 5) is 33.3. The Labute approximate surface area is 129 Å². The molecule has 0 aromatic heterocycles. The van der Waals surface area contributed by atoms with Gasteiger partial charge in [-0.15, -0.1) is 0 Å². The molecule has 1 atom stereocenters. The number of urea groups is 1. The maximum Gasteiger partial charge on any atom is 0.344 e. The number of nitrogens with one attached hydrogen (secondary N) is 1. The van der Waals surface area contributed by atoms with Gasteiger partial charge in [0.2, 0.25) is 0 Å². The SMILES string of the molecule is Cc1ccc(OCC(=O)O[C@@H](C)C(=O)NC(N)=O)c(Br)c1. The lowest BCUT2D eigenvalue weighted by Crippen LogP contribution is -2.42. The Kier molecular flexibility index (Phi) is 6.16. The molecule has 114 valence electrons. The fourth-order valence-corrected chi connectivity index (χ4v) is 1.98. The first kappa shape index (κ1) is 17.0. The number of halogens is 1. The van der Waals surface area contributed by atoms with Crippen LogP contribution >= 0.6 is 15.9 Å². The highest BCUT2D eigenvalue weighted by molar-refractivity contribution is 9.10. The molecule has 0 heterocycles. The topological polar surface area (TPSA) is 108 Å². The Bertz CT molecular complexity index is 561. The number of carbonyl (C=O) groups is 3. The third-order valence-electron chi connectivity index (χ3n) is 2.36. The summed E-state index contributed by atoms with van der Waals surface area (Å²) in [6.07, 6.45) is -1.14. The molecular formula is C13H15BrN2O5. The molecule has 3 amide bonds. The second kappa shape index (κ2) is 7.63. The van der Waals surface area contributed by atoms with Gasteiger partial charge in [-0.05, 0) is 47.5 Å². The number of rotatable bonds is 5. The minimum atomic E-state index is -1.14. The highest BCUT2D eigenvalue weighted by Crippen LogP contribution is 2.25. The van der Waals surface area contributed by atoms with E-state index in [1.807, 2.05) is 24.4 Å². The molecule has 1 aromatic rings. The Hall–Kier alpha value is -2.09. The van der Waals surface area contributed by atoms with E-state index >= 15 is 0 Å². The number of imide groups is 1. The van der Waals surface area contributed by atoms with Crippen molar-refractivity contribution in [3.8, 4) is 5.75 Å². The van der Waals surface area contributed by atoms with Gasteiger partial charge in [0.15, 0.2) is 12.7 Å². The smallest absolute Gasteiger partial charge is 0.344 e. The average molecular weight is 359 g/mol. The van der Waals surface area contributed by atoms with Gasteiger partial charge in [0.25, 0.3) is 5.91 Å². The average Bonchev–Trinajstić information content (AvgIpc) is 2.36. The second-order valence-corrected chi connectivity index (χ2v) is 5.06. The number of esters is 1. The molecule has 0 spiro atoms. The molecular weight excluding hydrogens is 344 g/mol. The van der Waals surface area contributed by atoms with Crippen LogP contribution in [0.15, 0.2) is 22.7 Å². The van der Waals surface area contributed by atoms with E-state index in [2.05, 4.69) is 15.9 Å². The minimum Gasteiger partial charge on any atom is -0.481 e. The minimum absolute atomic E-state index is 0.365. The van der Waals surface area contributed by atoms with E-state index in [9.17, 15) is 14.4 Å². The van der Waals surface area contributed by atoms with E-state index in [0.29, 0.717) is 10.2 Å². The van der Waals surface area contributed by atoms with Crippen LogP contribution < -0.4 is 15.8 Å². The van der Waals surface area contributed by atoms with Gasteiger partial charge in [-0.1, -0.05) is 6.07 Å². The molecule has 0 radical (unpaired) electrons. The maximum absolute atomic E-state index is 11.5. The first-order valence-corrected chi connectivity index (χ1v) is 6.77. The number of amides is 3. The van der Waals surface area contributed by atoms with E-state index < -0.39 is 24.0 Å². The molecule has 1 rings (SSSR count). The number of aryl methyl sites for hydroxylation is 1. The van der Waals surface area contributed by atoms with Crippen molar-refractivity contribution in [3.63, 3.8) is 0 Å². The highest BCUT2D eigenvalue weighted by atomic mass is 79.9. The zero-order valence-corrected chi connectivity index (χ0v) is 13.1. The van der Waals surface area contributed by atoms with Gasteiger partial charge in [0, 0.05) is 0 Å². The summed E-state index contributed by atoms with van der Waals surface area (Å²) in [5, 5.41) is 1.81. The summed E-state index contributed by atoms with van der Waals surface area (Å²) in [5.74, 6) is -1.06. The summed E-state index contributed by atoms with van der Waals surface area (Å²) in [7, 11) is 0. The summed E-state index contributed by atoms with van der Waals surface area (Å²) in [6, 6.07) is 4.36. The van der Waals surface area contributed by atoms with Crippen molar-refractivity contribution in [2.75, 3.05) is 6.61 Å². The van der Waals surface area contributed by atoms with Crippen molar-refractivity contribution < 1.29 is 23.9 Å². The van der Waals surface area contributed by atoms with Gasteiger partial charge < -0.3 is 15.2 Å². The van der Waals surface area contributed by atoms with Crippen LogP contribution in [0.25, 0.3) is 0 Å². The van der Waals surface area contributed by atoms with Gasteiger partial charge in [0.05, 0.1) is 4.47 Å². The quantitative estimate of drug-likeness (QED) is 0.770. The van der Waals surface area contributed by atoms with E-state index in [1.165, 1.54) is 6.92 Å². The maximum atomic E-state index is 11.5. The van der Waals surface area contributed by atoms with Crippen LogP contribution in [0.4, 0.5) is 4.79 Å². The van der Waals surface area contributed by atoms with Gasteiger partial charge in [0.1, 0.15) is 5.75 Å². The van der Waals surface area contributed by atoms with Crippen molar-refractivity contribution in [2.45, 2.75) is 20.0 Å². The van der Waals surface area contributed by atoms with Crippen LogP contribution in [-0.2, 0) is 14.3 Å². The third-order valence-corrected chi connectivity index (χ3v) is 2.98. The van der Waals surface area contributed by atoms with Gasteiger partial charge >= 0.3 is 12.0 Å². The Morgan fingerprint density at radius 2 is 2.05 bits per heavy atom. The van der Waals surface area contributed by atoms with Crippen molar-refractivity contribution in [2.24, 2.45) is 5.73 Å². The van der Waals surface area contributed by atoms with Crippen LogP contribution in [0.1, 0.15) is 12.5 Å². The first-order chi connectivity index (χ1) is 9.79. The molecule has 8 heteroatoms. The van der Waals surface area contributed by atoms with Crippen LogP contribution in [0.5, 0.6) is 5.75 Å². The Balaban J connectivity index is 2.47. The number of nitrogens with two attached hydrogens (primary N) is 1. The number of primary amides is 1. The number of hydrogen-bond donors (Lipinski definition) is 2. The number of hydrogen-bond acceptors (Lipinski definition) is 5. The fourth-order valence-electron chi connectivity index (χ4n) is 1.37. The van der Waals surface area contributed by atoms with Crippen LogP contribution in [0.3, 0.4) is 0 Å². The molecule has 0 aliphatic carbocycles. The normalized spacial score (nSPS) is 11.4. The molecule has 0 saturated carbocycles. The summed E-state index contributed by atoms with van der Waals surface area (Å²) >= 11 is 3.31. The molecule has 0 aliphatic rings. The van der Waals surface area contributed by atoms with E-state index in [0.717, 1.165) is 5.56 Å². The standard InChI is InChI=1S/C13H15BrN2O5/c1-7-3-4-10(9(14)5-7)20-6-11(17)21-8(2)12(18)16-13(15)19/h3-5,8H,6H2,1-2H3,(H3,15,16,18,19)/t8-/m0/s1. The summed E-state index contributed by atoms with van der Waals surface area (Å²) < 4.78 is 10.8. The molecule has 0 saturated heterocycles. The Morgan fingerprint density at radius 3 is 2.62 bits per heavy atom. The zero-order chi connectivity index (χ0) is 16.0. The largest absolute Gasteiger partial charge is 0.481 e. The summed E-state index contributed by atoms with van der Waals surface area (Å²) in [6.45, 7) is 2.87. The zero-order valence-electron chi connectivity index (χ0n) is 11.5. The van der Waals surface area contributed by atoms with Gasteiger partial charge in [-0.25, -0.2) is 9.59 Å². The number of ether oxygens (including phenoxy) is 2. The summed E-state index contributed by atoms with van der Waals surface area (Å²) in [5.41, 5.74) is 5.82. The molecule has 7 nitrogen and oxygen atoms in total. The van der Waals surface area contributed by atoms with Crippen molar-refractivity contribution in [3.05, 3.63) is 28.2 Å². The lowest BCUT2D eigenvalue weighted by Gasteiger charge is -2.13. The lowest BCUT2D eigenvalue weighted by molar-refractivity contribution is -0.156. The first-order valence-electron chi connectivity index (χ1n) is 5.98. The highest BCUT2D eigenvalue weighted by Gasteiger charge is 2.19. The van der Waals surface area contributed by atoms with Crippen molar-refractivity contribution in [1.29, 1.82) is 0 Å². The lowest BCUT2D eigenvalue weighted by atomic mass is 10.2. The molecule has 1 aromatic carbocycles. The van der Waals surface area contributed by atoms with Crippen LogP contribution in [-0.4, -0.2) is 30.6 Å². The van der Waals surface area contributed by atoms with Crippen molar-refractivity contribution in [1.82, 2.24) is 5.32 Å². The van der Waals surface area contributed by atoms with E-state index in [-0.39, 0.29) is 6.61 Å². The van der Waals surface area contributed by atoms with Crippen LogP contribution in [0, 0.1) is 6.92 Å². The molecule has 21 heavy (non-hydrogen) atoms. The third kappa shape index (κ3) is 5.82. The predicted molar refractivity (Wildman–Crippen MR) is 77.7 cm³/mol. The molecule has 0 fully saturated rings. The number of benzene rings is 1. The van der Waals surface area contributed by atoms with Crippen LogP contribution in [0.2, 0.25) is 0 Å². The number of carbonyl (C=O) groups excluding carboxylic acids is 3. The predicted octanol–water partition coefficient (Wildman–Crippen LogP) is 1.26. The molecule has 0 aliphatic heterocycles. The molecule has 3 N–H and O–H groups in total. The Morgan fingerprint density at radius 1 is 1.38 bits per heavy atom. The monoisotopic (exact) mass is 358 g/mol. The molecule has 0 bridgehead atoms. The fraction of sp³-hybridized carbons (Fsp3) is 0.308. The van der Waals surface area contributed by atoms with Gasteiger partial charge in [-0.2, -0.15) is 0 Å². The van der Waals surface area contributed by atoms with E-state index in [4.69, 9.17) is 15.2 Å². The molecule has 0 unspecified atom stereocenters. The van der Waals surface area contributed by atoms with E-state index in [1.54, 1.807) is 6.07 Å².